The van der Waals surface area contributed by atoms with E-state index in [2.05, 4.69) is 41.2 Å². The zero-order valence-corrected chi connectivity index (χ0v) is 7.77. The molecular formula is C8H11Ti. The number of rotatable bonds is 0. The first-order chi connectivity index (χ1) is 4.13. The van der Waals surface area contributed by atoms with E-state index in [1.807, 2.05) is 0 Å². The summed E-state index contributed by atoms with van der Waals surface area (Å²) in [5, 5.41) is 0. The quantitative estimate of drug-likeness (QED) is 0.471. The molecule has 0 aromatic carbocycles. The van der Waals surface area contributed by atoms with E-state index in [9.17, 15) is 0 Å². The van der Waals surface area contributed by atoms with Crippen molar-refractivity contribution < 1.29 is 20.4 Å². The van der Waals surface area contributed by atoms with Gasteiger partial charge < -0.3 is 0 Å². The van der Waals surface area contributed by atoms with Crippen LogP contribution in [0.1, 0.15) is 27.2 Å². The fraction of sp³-hybridized carbons (Fsp3) is 0.500. The van der Waals surface area contributed by atoms with E-state index in [1.165, 1.54) is 17.6 Å². The molecule has 0 aromatic heterocycles. The van der Waals surface area contributed by atoms with Gasteiger partial charge in [-0.05, 0) is 0 Å². The van der Waals surface area contributed by atoms with E-state index < -0.39 is 0 Å². The summed E-state index contributed by atoms with van der Waals surface area (Å²) in [7, 11) is 0. The third-order valence-corrected chi connectivity index (χ3v) is 2.96. The van der Waals surface area contributed by atoms with Crippen LogP contribution in [0.15, 0.2) is 20.6 Å². The van der Waals surface area contributed by atoms with Gasteiger partial charge in [-0.25, -0.2) is 0 Å². The molecule has 1 rings (SSSR count). The molecular weight excluding hydrogens is 144 g/mol. The van der Waals surface area contributed by atoms with Gasteiger partial charge in [0.2, 0.25) is 0 Å². The van der Waals surface area contributed by atoms with Crippen LogP contribution in [-0.2, 0) is 20.4 Å². The van der Waals surface area contributed by atoms with Crippen LogP contribution in [0, 0.1) is 0 Å². The zero-order chi connectivity index (χ0) is 7.02. The second-order valence-corrected chi connectivity index (χ2v) is 3.63. The van der Waals surface area contributed by atoms with Crippen LogP contribution >= 0.6 is 0 Å². The second-order valence-electron chi connectivity index (χ2n) is 2.69. The molecule has 1 heteroatoms. The third-order valence-electron chi connectivity index (χ3n) is 2.10. The Kier molecular flexibility index (Phi) is 1.98. The van der Waals surface area contributed by atoms with Crippen LogP contribution in [0.5, 0.6) is 0 Å². The Bertz CT molecular complexity index is 175. The van der Waals surface area contributed by atoms with E-state index in [0.29, 0.717) is 0 Å². The van der Waals surface area contributed by atoms with Crippen LogP contribution in [0.3, 0.4) is 0 Å². The van der Waals surface area contributed by atoms with Crippen molar-refractivity contribution in [1.29, 1.82) is 0 Å². The molecule has 0 bridgehead atoms. The SMILES string of the molecule is CC1=C(C)C(C)=[C]([Ti])C1. The summed E-state index contributed by atoms with van der Waals surface area (Å²) < 4.78 is 1.55. The standard InChI is InChI=1S/C8H11.Ti/c1-6-4-5-7(2)8(6)3;/h4H2,1-3H3;. The van der Waals surface area contributed by atoms with Gasteiger partial charge in [-0.3, -0.25) is 0 Å². The van der Waals surface area contributed by atoms with Crippen LogP contribution in [0.25, 0.3) is 0 Å². The first-order valence-corrected chi connectivity index (χ1v) is 3.99. The van der Waals surface area contributed by atoms with Gasteiger partial charge in [0.1, 0.15) is 0 Å². The van der Waals surface area contributed by atoms with E-state index >= 15 is 0 Å². The van der Waals surface area contributed by atoms with Crippen molar-refractivity contribution in [3.63, 3.8) is 0 Å². The van der Waals surface area contributed by atoms with Crippen molar-refractivity contribution >= 4 is 0 Å². The zero-order valence-electron chi connectivity index (χ0n) is 6.21. The molecule has 0 saturated heterocycles. The molecule has 0 aromatic rings. The molecule has 0 heterocycles. The van der Waals surface area contributed by atoms with Crippen LogP contribution in [-0.4, -0.2) is 0 Å². The van der Waals surface area contributed by atoms with Gasteiger partial charge in [0, 0.05) is 0 Å². The summed E-state index contributed by atoms with van der Waals surface area (Å²) in [5.74, 6) is 0. The second kappa shape index (κ2) is 2.44. The molecule has 0 saturated carbocycles. The summed E-state index contributed by atoms with van der Waals surface area (Å²) in [6.45, 7) is 6.64. The van der Waals surface area contributed by atoms with Crippen LogP contribution < -0.4 is 0 Å². The van der Waals surface area contributed by atoms with Gasteiger partial charge in [-0.2, -0.15) is 0 Å². The van der Waals surface area contributed by atoms with E-state index in [1.54, 1.807) is 9.45 Å². The minimum atomic E-state index is 1.21. The van der Waals surface area contributed by atoms with E-state index in [4.69, 9.17) is 0 Å². The van der Waals surface area contributed by atoms with Gasteiger partial charge in [-0.1, -0.05) is 0 Å². The first kappa shape index (κ1) is 7.30. The summed E-state index contributed by atoms with van der Waals surface area (Å²) in [6.07, 6.45) is 1.21. The number of hydrogen-bond donors (Lipinski definition) is 0. The maximum atomic E-state index is 2.22. The molecule has 0 aliphatic heterocycles. The Balaban J connectivity index is 2.97. The topological polar surface area (TPSA) is 0 Å². The van der Waals surface area contributed by atoms with Crippen molar-refractivity contribution in [2.75, 3.05) is 0 Å². The van der Waals surface area contributed by atoms with E-state index in [0.717, 1.165) is 0 Å². The molecule has 0 spiro atoms. The predicted octanol–water partition coefficient (Wildman–Crippen LogP) is 2.55. The molecule has 0 atom stereocenters. The van der Waals surface area contributed by atoms with Gasteiger partial charge in [0.25, 0.3) is 0 Å². The van der Waals surface area contributed by atoms with Crippen LogP contribution in [0.2, 0.25) is 0 Å². The van der Waals surface area contributed by atoms with Crippen molar-refractivity contribution in [3.05, 3.63) is 20.6 Å². The molecule has 1 aliphatic carbocycles. The summed E-state index contributed by atoms with van der Waals surface area (Å²) in [5.41, 5.74) is 4.56. The molecule has 1 aliphatic rings. The fourth-order valence-electron chi connectivity index (χ4n) is 1.08. The molecule has 0 nitrogen and oxygen atoms in total. The monoisotopic (exact) mass is 155 g/mol. The van der Waals surface area contributed by atoms with E-state index in [-0.39, 0.29) is 0 Å². The summed E-state index contributed by atoms with van der Waals surface area (Å²) >= 11 is 2.22. The summed E-state index contributed by atoms with van der Waals surface area (Å²) in [4.78, 5) is 0. The predicted molar refractivity (Wildman–Crippen MR) is 35.7 cm³/mol. The van der Waals surface area contributed by atoms with Gasteiger partial charge in [0.05, 0.1) is 0 Å². The van der Waals surface area contributed by atoms with Crippen molar-refractivity contribution in [3.8, 4) is 0 Å². The van der Waals surface area contributed by atoms with Gasteiger partial charge >= 0.3 is 68.2 Å². The Labute approximate surface area is 68.4 Å². The maximum absolute atomic E-state index is 2.22. The number of allylic oxidation sites excluding steroid dienone is 4. The molecule has 0 N–H and O–H groups in total. The van der Waals surface area contributed by atoms with Crippen molar-refractivity contribution in [2.24, 2.45) is 0 Å². The Morgan fingerprint density at radius 2 is 1.67 bits per heavy atom. The Morgan fingerprint density at radius 3 is 1.78 bits per heavy atom. The average Bonchev–Trinajstić information content (AvgIpc) is 1.98. The summed E-state index contributed by atoms with van der Waals surface area (Å²) in [6, 6.07) is 0. The molecule has 0 amide bonds. The molecule has 0 fully saturated rings. The minimum absolute atomic E-state index is 1.21. The van der Waals surface area contributed by atoms with Gasteiger partial charge in [0.15, 0.2) is 0 Å². The Morgan fingerprint density at radius 1 is 1.11 bits per heavy atom. The molecule has 0 unspecified atom stereocenters. The van der Waals surface area contributed by atoms with Crippen molar-refractivity contribution in [2.45, 2.75) is 27.2 Å². The average molecular weight is 155 g/mol. The number of hydrogen-bond acceptors (Lipinski definition) is 0. The van der Waals surface area contributed by atoms with Gasteiger partial charge in [-0.15, -0.1) is 0 Å². The molecule has 0 radical (unpaired) electrons. The third kappa shape index (κ3) is 1.20. The van der Waals surface area contributed by atoms with Crippen LogP contribution in [0.4, 0.5) is 0 Å². The first-order valence-electron chi connectivity index (χ1n) is 3.21. The van der Waals surface area contributed by atoms with Crippen molar-refractivity contribution in [1.82, 2.24) is 0 Å². The molecule has 9 heavy (non-hydrogen) atoms. The fourth-order valence-corrected chi connectivity index (χ4v) is 1.78. The normalized spacial score (nSPS) is 19.8. The Hall–Kier alpha value is 0.194. The molecule has 47 valence electrons.